The van der Waals surface area contributed by atoms with E-state index in [-0.39, 0.29) is 18.7 Å². The van der Waals surface area contributed by atoms with Gasteiger partial charge in [-0.3, -0.25) is 0 Å². The van der Waals surface area contributed by atoms with Crippen LogP contribution in [0.15, 0.2) is 42.6 Å². The number of hydrogen-bond donors (Lipinski definition) is 1. The van der Waals surface area contributed by atoms with Gasteiger partial charge in [0, 0.05) is 37.2 Å². The largest absolute Gasteiger partial charge is 0.489 e. The van der Waals surface area contributed by atoms with Crippen molar-refractivity contribution in [3.05, 3.63) is 48.2 Å². The van der Waals surface area contributed by atoms with Crippen molar-refractivity contribution in [3.63, 3.8) is 0 Å². The first-order chi connectivity index (χ1) is 13.0. The van der Waals surface area contributed by atoms with E-state index in [1.165, 1.54) is 0 Å². The SMILES string of the molecule is CCOC(=O)c1c2ccc(OC(CCO)CN(C)C)cc2n2ccccc12. The summed E-state index contributed by atoms with van der Waals surface area (Å²) in [6, 6.07) is 11.4. The van der Waals surface area contributed by atoms with Crippen molar-refractivity contribution in [1.29, 1.82) is 0 Å². The van der Waals surface area contributed by atoms with E-state index in [0.29, 0.717) is 30.9 Å². The summed E-state index contributed by atoms with van der Waals surface area (Å²) in [5, 5.41) is 10.1. The molecule has 6 nitrogen and oxygen atoms in total. The number of nitrogens with zero attached hydrogens (tertiary/aromatic N) is 2. The van der Waals surface area contributed by atoms with E-state index in [4.69, 9.17) is 9.47 Å². The van der Waals surface area contributed by atoms with Crippen LogP contribution in [0.4, 0.5) is 0 Å². The molecule has 0 fully saturated rings. The molecule has 0 spiro atoms. The minimum atomic E-state index is -0.323. The van der Waals surface area contributed by atoms with Crippen molar-refractivity contribution in [2.24, 2.45) is 0 Å². The van der Waals surface area contributed by atoms with E-state index in [1.54, 1.807) is 6.92 Å². The molecule has 0 aliphatic rings. The standard InChI is InChI=1S/C21H26N2O4/c1-4-26-21(25)20-17-9-8-15(27-16(10-12-24)14-22(2)3)13-19(17)23-11-6-5-7-18(20)23/h5-9,11,13,16,24H,4,10,12,14H2,1-3H3. The van der Waals surface area contributed by atoms with Crippen LogP contribution in [-0.2, 0) is 4.74 Å². The zero-order valence-electron chi connectivity index (χ0n) is 16.0. The molecule has 1 atom stereocenters. The van der Waals surface area contributed by atoms with Crippen LogP contribution in [0.2, 0.25) is 0 Å². The van der Waals surface area contributed by atoms with E-state index in [9.17, 15) is 9.90 Å². The van der Waals surface area contributed by atoms with E-state index in [2.05, 4.69) is 0 Å². The maximum absolute atomic E-state index is 12.5. The van der Waals surface area contributed by atoms with Crippen molar-refractivity contribution < 1.29 is 19.4 Å². The molecule has 2 aromatic heterocycles. The van der Waals surface area contributed by atoms with Gasteiger partial charge in [-0.2, -0.15) is 0 Å². The molecule has 144 valence electrons. The van der Waals surface area contributed by atoms with Gasteiger partial charge in [0.05, 0.1) is 23.2 Å². The summed E-state index contributed by atoms with van der Waals surface area (Å²) in [6.45, 7) is 2.92. The number of esters is 1. The molecule has 27 heavy (non-hydrogen) atoms. The Kier molecular flexibility index (Phi) is 5.98. The van der Waals surface area contributed by atoms with E-state index >= 15 is 0 Å². The number of carbonyl (C=O) groups excluding carboxylic acids is 1. The molecule has 0 bridgehead atoms. The van der Waals surface area contributed by atoms with Crippen molar-refractivity contribution in [2.45, 2.75) is 19.4 Å². The number of aliphatic hydroxyl groups is 1. The fourth-order valence-electron chi connectivity index (χ4n) is 3.34. The molecule has 0 aliphatic heterocycles. The molecular weight excluding hydrogens is 344 g/mol. The van der Waals surface area contributed by atoms with Crippen LogP contribution in [0.25, 0.3) is 16.4 Å². The average Bonchev–Trinajstić information content (AvgIpc) is 2.95. The molecule has 0 aliphatic carbocycles. The molecule has 3 aromatic rings. The average molecular weight is 370 g/mol. The molecule has 1 unspecified atom stereocenters. The quantitative estimate of drug-likeness (QED) is 0.618. The third-order valence-corrected chi connectivity index (χ3v) is 4.42. The third-order valence-electron chi connectivity index (χ3n) is 4.42. The van der Waals surface area contributed by atoms with Crippen LogP contribution in [0, 0.1) is 0 Å². The summed E-state index contributed by atoms with van der Waals surface area (Å²) in [5.74, 6) is 0.386. The second kappa shape index (κ2) is 8.41. The molecular formula is C21H26N2O4. The summed E-state index contributed by atoms with van der Waals surface area (Å²) in [6.07, 6.45) is 2.37. The number of aromatic nitrogens is 1. The Bertz CT molecular complexity index is 932. The van der Waals surface area contributed by atoms with Crippen LogP contribution in [0.1, 0.15) is 23.7 Å². The Morgan fingerprint density at radius 2 is 2.04 bits per heavy atom. The fraction of sp³-hybridized carbons (Fsp3) is 0.381. The molecule has 1 N–H and O–H groups in total. The summed E-state index contributed by atoms with van der Waals surface area (Å²) >= 11 is 0. The summed E-state index contributed by atoms with van der Waals surface area (Å²) < 4.78 is 13.3. The highest BCUT2D eigenvalue weighted by Gasteiger charge is 2.20. The van der Waals surface area contributed by atoms with E-state index in [1.807, 2.05) is 66.0 Å². The topological polar surface area (TPSA) is 63.4 Å². The minimum absolute atomic E-state index is 0.0712. The number of benzene rings is 1. The van der Waals surface area contributed by atoms with Gasteiger partial charge in [0.2, 0.25) is 0 Å². The summed E-state index contributed by atoms with van der Waals surface area (Å²) in [4.78, 5) is 14.5. The normalized spacial score (nSPS) is 12.6. The lowest BCUT2D eigenvalue weighted by Gasteiger charge is -2.22. The number of pyridine rings is 1. The molecule has 0 saturated carbocycles. The number of hydrogen-bond acceptors (Lipinski definition) is 5. The summed E-state index contributed by atoms with van der Waals surface area (Å²) in [5.41, 5.74) is 2.27. The smallest absolute Gasteiger partial charge is 0.340 e. The van der Waals surface area contributed by atoms with Crippen LogP contribution in [0.3, 0.4) is 0 Å². The van der Waals surface area contributed by atoms with Crippen LogP contribution in [-0.4, -0.2) is 60.3 Å². The van der Waals surface area contributed by atoms with Crippen molar-refractivity contribution in [2.75, 3.05) is 33.9 Å². The first kappa shape index (κ1) is 19.2. The molecule has 0 radical (unpaired) electrons. The Balaban J connectivity index is 2.04. The van der Waals surface area contributed by atoms with Gasteiger partial charge in [0.15, 0.2) is 0 Å². The zero-order chi connectivity index (χ0) is 19.4. The Labute approximate surface area is 158 Å². The predicted molar refractivity (Wildman–Crippen MR) is 106 cm³/mol. The van der Waals surface area contributed by atoms with Crippen LogP contribution >= 0.6 is 0 Å². The molecule has 0 amide bonds. The molecule has 1 aromatic carbocycles. The van der Waals surface area contributed by atoms with Crippen LogP contribution < -0.4 is 4.74 Å². The molecule has 0 saturated heterocycles. The van der Waals surface area contributed by atoms with Crippen LogP contribution in [0.5, 0.6) is 5.75 Å². The highest BCUT2D eigenvalue weighted by atomic mass is 16.5. The maximum Gasteiger partial charge on any atom is 0.340 e. The lowest BCUT2D eigenvalue weighted by Crippen LogP contribution is -2.31. The number of carbonyl (C=O) groups is 1. The predicted octanol–water partition coefficient (Wildman–Crippen LogP) is 2.96. The Morgan fingerprint density at radius 1 is 1.22 bits per heavy atom. The Morgan fingerprint density at radius 3 is 2.74 bits per heavy atom. The van der Waals surface area contributed by atoms with Gasteiger partial charge in [0.1, 0.15) is 11.9 Å². The van der Waals surface area contributed by atoms with Gasteiger partial charge in [-0.05, 0) is 45.3 Å². The minimum Gasteiger partial charge on any atom is -0.489 e. The lowest BCUT2D eigenvalue weighted by molar-refractivity contribution is 0.0531. The summed E-state index contributed by atoms with van der Waals surface area (Å²) in [7, 11) is 3.95. The van der Waals surface area contributed by atoms with Crippen molar-refractivity contribution >= 4 is 22.4 Å². The highest BCUT2D eigenvalue weighted by molar-refractivity contribution is 6.11. The van der Waals surface area contributed by atoms with E-state index in [0.717, 1.165) is 16.4 Å². The van der Waals surface area contributed by atoms with Gasteiger partial charge < -0.3 is 23.9 Å². The first-order valence-corrected chi connectivity index (χ1v) is 9.17. The molecule has 3 rings (SSSR count). The second-order valence-corrected chi connectivity index (χ2v) is 6.74. The number of likely N-dealkylation sites (N-methyl/N-ethyl adjacent to an activating group) is 1. The number of rotatable bonds is 8. The maximum atomic E-state index is 12.5. The van der Waals surface area contributed by atoms with E-state index < -0.39 is 0 Å². The molecule has 6 heteroatoms. The van der Waals surface area contributed by atoms with Gasteiger partial charge in [-0.1, -0.05) is 6.07 Å². The van der Waals surface area contributed by atoms with Crippen molar-refractivity contribution in [3.8, 4) is 5.75 Å². The lowest BCUT2D eigenvalue weighted by atomic mass is 10.1. The monoisotopic (exact) mass is 370 g/mol. The van der Waals surface area contributed by atoms with Gasteiger partial charge >= 0.3 is 5.97 Å². The number of aliphatic hydroxyl groups excluding tert-OH is 1. The second-order valence-electron chi connectivity index (χ2n) is 6.74. The molecule has 2 heterocycles. The van der Waals surface area contributed by atoms with Crippen molar-refractivity contribution in [1.82, 2.24) is 9.30 Å². The Hall–Kier alpha value is -2.57. The van der Waals surface area contributed by atoms with Gasteiger partial charge in [-0.15, -0.1) is 0 Å². The number of fused-ring (bicyclic) bond motifs is 3. The van der Waals surface area contributed by atoms with Gasteiger partial charge in [0.25, 0.3) is 0 Å². The third kappa shape index (κ3) is 4.07. The first-order valence-electron chi connectivity index (χ1n) is 9.17. The zero-order valence-corrected chi connectivity index (χ0v) is 16.0. The van der Waals surface area contributed by atoms with Gasteiger partial charge in [-0.25, -0.2) is 4.79 Å². The number of ether oxygens (including phenoxy) is 2. The fourth-order valence-corrected chi connectivity index (χ4v) is 3.34. The highest BCUT2D eigenvalue weighted by Crippen LogP contribution is 2.30.